The van der Waals surface area contributed by atoms with Gasteiger partial charge in [0.05, 0.1) is 28.5 Å². The van der Waals surface area contributed by atoms with Gasteiger partial charge in [-0.2, -0.15) is 9.94 Å². The Balaban J connectivity index is 1.66. The molecule has 0 unspecified atom stereocenters. The van der Waals surface area contributed by atoms with Crippen molar-refractivity contribution in [2.45, 2.75) is 13.5 Å². The van der Waals surface area contributed by atoms with Crippen LogP contribution in [0, 0.1) is 18.3 Å². The fraction of sp³-hybridized carbons (Fsp3) is 0.0870. The highest BCUT2D eigenvalue weighted by atomic mass is 35.5. The van der Waals surface area contributed by atoms with E-state index in [1.807, 2.05) is 36.2 Å². The average Bonchev–Trinajstić information content (AvgIpc) is 2.80. The minimum absolute atomic E-state index is 0.0391. The van der Waals surface area contributed by atoms with E-state index in [0.717, 1.165) is 15.8 Å². The smallest absolute Gasteiger partial charge is 0.349 e. The third kappa shape index (κ3) is 4.78. The Morgan fingerprint density at radius 3 is 2.38 bits per heavy atom. The van der Waals surface area contributed by atoms with Crippen LogP contribution in [0.25, 0.3) is 5.69 Å². The van der Waals surface area contributed by atoms with Crippen molar-refractivity contribution in [3.63, 3.8) is 0 Å². The maximum atomic E-state index is 12.3. The molecule has 11 heteroatoms. The number of nitrogens with zero attached hydrogens (tertiary/aromatic N) is 4. The second kappa shape index (κ2) is 9.39. The maximum Gasteiger partial charge on any atom is 0.349 e. The Kier molecular flexibility index (Phi) is 6.36. The number of aromatic amines is 1. The zero-order valence-corrected chi connectivity index (χ0v) is 19.1. The van der Waals surface area contributed by atoms with Crippen LogP contribution in [0.15, 0.2) is 69.1 Å². The highest BCUT2D eigenvalue weighted by Gasteiger charge is 2.15. The number of hydrogen-bond acceptors (Lipinski definition) is 6. The lowest BCUT2D eigenvalue weighted by Gasteiger charge is -2.13. The van der Waals surface area contributed by atoms with Crippen LogP contribution in [0.3, 0.4) is 0 Å². The van der Waals surface area contributed by atoms with Gasteiger partial charge >= 0.3 is 5.69 Å². The van der Waals surface area contributed by atoms with Gasteiger partial charge in [-0.3, -0.25) is 14.6 Å². The van der Waals surface area contributed by atoms with E-state index >= 15 is 0 Å². The third-order valence-corrected chi connectivity index (χ3v) is 5.37. The Morgan fingerprint density at radius 2 is 1.74 bits per heavy atom. The normalized spacial score (nSPS) is 10.6. The second-order valence-corrected chi connectivity index (χ2v) is 8.10. The number of rotatable bonds is 5. The molecule has 0 amide bonds. The molecule has 4 rings (SSSR count). The number of pyridine rings is 1. The maximum absolute atomic E-state index is 12.3. The van der Waals surface area contributed by atoms with E-state index in [-0.39, 0.29) is 27.0 Å². The molecule has 9 nitrogen and oxygen atoms in total. The van der Waals surface area contributed by atoms with E-state index < -0.39 is 16.9 Å². The molecule has 0 aliphatic carbocycles. The van der Waals surface area contributed by atoms with Gasteiger partial charge in [0.15, 0.2) is 5.75 Å². The van der Waals surface area contributed by atoms with Gasteiger partial charge in [0.25, 0.3) is 11.1 Å². The number of hydrogen-bond donors (Lipinski definition) is 1. The van der Waals surface area contributed by atoms with Crippen molar-refractivity contribution in [1.29, 1.82) is 5.26 Å². The van der Waals surface area contributed by atoms with Crippen molar-refractivity contribution >= 4 is 23.2 Å². The average molecular weight is 496 g/mol. The lowest BCUT2D eigenvalue weighted by atomic mass is 10.1. The fourth-order valence-electron chi connectivity index (χ4n) is 3.12. The summed E-state index contributed by atoms with van der Waals surface area (Å²) >= 11 is 12.7. The predicted molar refractivity (Wildman–Crippen MR) is 126 cm³/mol. The number of ether oxygens (including phenoxy) is 1. The summed E-state index contributed by atoms with van der Waals surface area (Å²) in [6.07, 6.45) is 1.54. The summed E-state index contributed by atoms with van der Waals surface area (Å²) in [5.41, 5.74) is -0.302. The van der Waals surface area contributed by atoms with Gasteiger partial charge < -0.3 is 9.30 Å². The first-order chi connectivity index (χ1) is 16.2. The number of benzene rings is 2. The van der Waals surface area contributed by atoms with Gasteiger partial charge in [-0.15, -0.1) is 5.10 Å². The van der Waals surface area contributed by atoms with Crippen molar-refractivity contribution in [2.24, 2.45) is 0 Å². The molecule has 2 aromatic carbocycles. The van der Waals surface area contributed by atoms with Gasteiger partial charge in [0, 0.05) is 6.07 Å². The predicted octanol–water partition coefficient (Wildman–Crippen LogP) is 3.41. The summed E-state index contributed by atoms with van der Waals surface area (Å²) < 4.78 is 8.12. The first kappa shape index (κ1) is 23.0. The number of nitrogens with one attached hydrogen (secondary N) is 1. The largest absolute Gasteiger partial charge is 0.453 e. The molecule has 0 atom stereocenters. The monoisotopic (exact) mass is 495 g/mol. The Labute approximate surface area is 202 Å². The summed E-state index contributed by atoms with van der Waals surface area (Å²) in [6.45, 7) is 2.33. The summed E-state index contributed by atoms with van der Waals surface area (Å²) in [6, 6.07) is 14.9. The lowest BCUT2D eigenvalue weighted by molar-refractivity contribution is 0.474. The van der Waals surface area contributed by atoms with Crippen molar-refractivity contribution in [1.82, 2.24) is 19.3 Å². The zero-order chi connectivity index (χ0) is 24.4. The van der Waals surface area contributed by atoms with E-state index in [1.165, 1.54) is 35.0 Å². The molecule has 0 fully saturated rings. The SMILES string of the molecule is Cc1ccc(Cn2cc(Oc3c(Cl)cc(-n4nc(C#N)c(=O)[nH]c4=O)cc3Cl)ccc2=O)cc1. The van der Waals surface area contributed by atoms with Crippen LogP contribution in [0.4, 0.5) is 0 Å². The number of H-pyrrole nitrogens is 1. The lowest BCUT2D eigenvalue weighted by Crippen LogP contribution is -2.33. The number of nitriles is 1. The quantitative estimate of drug-likeness (QED) is 0.452. The summed E-state index contributed by atoms with van der Waals surface area (Å²) in [5.74, 6) is 0.403. The van der Waals surface area contributed by atoms with Crippen LogP contribution >= 0.6 is 23.2 Å². The van der Waals surface area contributed by atoms with E-state index in [0.29, 0.717) is 12.3 Å². The molecular formula is C23H15Cl2N5O4. The van der Waals surface area contributed by atoms with Crippen molar-refractivity contribution in [3.05, 3.63) is 113 Å². The van der Waals surface area contributed by atoms with Gasteiger partial charge in [0.1, 0.15) is 11.8 Å². The molecule has 170 valence electrons. The standard InChI is InChI=1S/C23H15Cl2N5O4/c1-13-2-4-14(5-3-13)11-29-12-16(6-7-20(29)31)34-21-17(24)8-15(9-18(21)25)30-23(33)27-22(32)19(10-26)28-30/h2-9,12H,11H2,1H3,(H,27,32,33). The van der Waals surface area contributed by atoms with E-state index in [1.54, 1.807) is 6.07 Å². The van der Waals surface area contributed by atoms with Gasteiger partial charge in [-0.05, 0) is 30.7 Å². The molecule has 2 aromatic heterocycles. The first-order valence-electron chi connectivity index (χ1n) is 9.82. The van der Waals surface area contributed by atoms with Gasteiger partial charge in [-0.25, -0.2) is 4.79 Å². The molecule has 34 heavy (non-hydrogen) atoms. The number of aromatic nitrogens is 4. The third-order valence-electron chi connectivity index (χ3n) is 4.81. The fourth-order valence-corrected chi connectivity index (χ4v) is 3.67. The number of aryl methyl sites for hydroxylation is 1. The highest BCUT2D eigenvalue weighted by molar-refractivity contribution is 6.37. The summed E-state index contributed by atoms with van der Waals surface area (Å²) in [5, 5.41) is 12.8. The van der Waals surface area contributed by atoms with Crippen LogP contribution in [-0.4, -0.2) is 19.3 Å². The van der Waals surface area contributed by atoms with E-state index in [4.69, 9.17) is 33.2 Å². The van der Waals surface area contributed by atoms with Gasteiger partial charge in [0.2, 0.25) is 5.69 Å². The number of halogens is 2. The van der Waals surface area contributed by atoms with E-state index in [2.05, 4.69) is 5.10 Å². The molecule has 1 N–H and O–H groups in total. The molecule has 0 saturated heterocycles. The van der Waals surface area contributed by atoms with Gasteiger partial charge in [-0.1, -0.05) is 53.0 Å². The highest BCUT2D eigenvalue weighted by Crippen LogP contribution is 2.37. The molecule has 2 heterocycles. The summed E-state index contributed by atoms with van der Waals surface area (Å²) in [4.78, 5) is 38.0. The molecule has 0 spiro atoms. The zero-order valence-electron chi connectivity index (χ0n) is 17.6. The molecule has 0 aliphatic rings. The van der Waals surface area contributed by atoms with Crippen molar-refractivity contribution < 1.29 is 4.74 Å². The van der Waals surface area contributed by atoms with Crippen LogP contribution in [-0.2, 0) is 6.54 Å². The molecule has 0 saturated carbocycles. The second-order valence-electron chi connectivity index (χ2n) is 7.29. The minimum Gasteiger partial charge on any atom is -0.453 e. The molecule has 4 aromatic rings. The topological polar surface area (TPSA) is 123 Å². The van der Waals surface area contributed by atoms with Crippen LogP contribution < -0.4 is 21.5 Å². The van der Waals surface area contributed by atoms with Crippen LogP contribution in [0.5, 0.6) is 11.5 Å². The van der Waals surface area contributed by atoms with Crippen molar-refractivity contribution in [3.8, 4) is 23.3 Å². The van der Waals surface area contributed by atoms with E-state index in [9.17, 15) is 14.4 Å². The Morgan fingerprint density at radius 1 is 1.06 bits per heavy atom. The molecular weight excluding hydrogens is 481 g/mol. The van der Waals surface area contributed by atoms with Crippen molar-refractivity contribution in [2.75, 3.05) is 0 Å². The first-order valence-corrected chi connectivity index (χ1v) is 10.6. The van der Waals surface area contributed by atoms with Crippen LogP contribution in [0.1, 0.15) is 16.8 Å². The minimum atomic E-state index is -0.901. The molecule has 0 aliphatic heterocycles. The van der Waals surface area contributed by atoms with Crippen LogP contribution in [0.2, 0.25) is 10.0 Å². The Bertz CT molecular complexity index is 1590. The Hall–Kier alpha value is -4.13. The molecule has 0 bridgehead atoms. The summed E-state index contributed by atoms with van der Waals surface area (Å²) in [7, 11) is 0. The molecule has 0 radical (unpaired) electrons.